The van der Waals surface area contributed by atoms with Gasteiger partial charge in [0.1, 0.15) is 5.82 Å². The molecule has 20 heavy (non-hydrogen) atoms. The van der Waals surface area contributed by atoms with Crippen molar-refractivity contribution < 1.29 is 4.21 Å². The largest absolute Gasteiger partial charge is 0.324 e. The first kappa shape index (κ1) is 16.2. The highest BCUT2D eigenvalue weighted by molar-refractivity contribution is 14.1. The van der Waals surface area contributed by atoms with Crippen LogP contribution >= 0.6 is 34.2 Å². The van der Waals surface area contributed by atoms with E-state index in [-0.39, 0.29) is 11.4 Å². The van der Waals surface area contributed by atoms with Gasteiger partial charge in [-0.25, -0.2) is 4.98 Å². The highest BCUT2D eigenvalue weighted by Crippen LogP contribution is 2.30. The van der Waals surface area contributed by atoms with Crippen LogP contribution in [0.25, 0.3) is 11.0 Å². The van der Waals surface area contributed by atoms with Gasteiger partial charge in [0.05, 0.1) is 16.4 Å². The van der Waals surface area contributed by atoms with Gasteiger partial charge in [0.25, 0.3) is 0 Å². The quantitative estimate of drug-likeness (QED) is 0.531. The normalized spacial score (nSPS) is 16.2. The number of halogens is 2. The predicted molar refractivity (Wildman–Crippen MR) is 95.0 cm³/mol. The van der Waals surface area contributed by atoms with Crippen molar-refractivity contribution in [1.82, 2.24) is 9.55 Å². The topological polar surface area (TPSA) is 34.9 Å². The second-order valence-corrected chi connectivity index (χ2v) is 8.46. The summed E-state index contributed by atoms with van der Waals surface area (Å²) in [6.07, 6.45) is 2.60. The number of alkyl halides is 1. The molecule has 1 aromatic carbocycles. The standard InChI is InChI=1S/C14H18ClIN2OS/c1-9(6-7-20(3)19)18-13-5-4-11(16)8-12(13)17-14(18)10(2)15/h4-5,8-10H,6-7H2,1-3H3. The van der Waals surface area contributed by atoms with Crippen molar-refractivity contribution in [2.75, 3.05) is 12.0 Å². The zero-order chi connectivity index (χ0) is 14.9. The Balaban J connectivity index is 2.48. The zero-order valence-corrected chi connectivity index (χ0v) is 15.5. The van der Waals surface area contributed by atoms with Gasteiger partial charge in [-0.15, -0.1) is 11.6 Å². The zero-order valence-electron chi connectivity index (χ0n) is 11.8. The maximum absolute atomic E-state index is 11.3. The van der Waals surface area contributed by atoms with Crippen LogP contribution in [0.15, 0.2) is 18.2 Å². The van der Waals surface area contributed by atoms with Crippen molar-refractivity contribution in [3.63, 3.8) is 0 Å². The Hall–Kier alpha value is -0.140. The first-order chi connectivity index (χ1) is 9.40. The molecular formula is C14H18ClIN2OS. The molecule has 0 fully saturated rings. The summed E-state index contributed by atoms with van der Waals surface area (Å²) in [5.74, 6) is 1.58. The molecule has 0 bridgehead atoms. The third-order valence-corrected chi connectivity index (χ3v) is 4.98. The third kappa shape index (κ3) is 3.54. The van der Waals surface area contributed by atoms with Gasteiger partial charge in [0, 0.05) is 32.4 Å². The van der Waals surface area contributed by atoms with Crippen LogP contribution in [0.1, 0.15) is 37.5 Å². The minimum absolute atomic E-state index is 0.144. The van der Waals surface area contributed by atoms with Gasteiger partial charge in [-0.3, -0.25) is 4.21 Å². The van der Waals surface area contributed by atoms with E-state index < -0.39 is 10.8 Å². The van der Waals surface area contributed by atoms with Gasteiger partial charge in [-0.1, -0.05) is 0 Å². The average Bonchev–Trinajstić information content (AvgIpc) is 2.74. The average molecular weight is 425 g/mol. The molecule has 2 rings (SSSR count). The molecular weight excluding hydrogens is 407 g/mol. The molecule has 2 aromatic rings. The second-order valence-electron chi connectivity index (χ2n) is 5.00. The van der Waals surface area contributed by atoms with Crippen molar-refractivity contribution in [1.29, 1.82) is 0 Å². The molecule has 3 nitrogen and oxygen atoms in total. The van der Waals surface area contributed by atoms with Gasteiger partial charge in [-0.2, -0.15) is 0 Å². The summed E-state index contributed by atoms with van der Waals surface area (Å²) in [4.78, 5) is 4.67. The molecule has 0 aliphatic rings. The van der Waals surface area contributed by atoms with Crippen LogP contribution in [-0.2, 0) is 10.8 Å². The van der Waals surface area contributed by atoms with Crippen LogP contribution in [-0.4, -0.2) is 25.8 Å². The molecule has 0 amide bonds. The summed E-state index contributed by atoms with van der Waals surface area (Å²) < 4.78 is 14.7. The van der Waals surface area contributed by atoms with E-state index in [1.54, 1.807) is 6.26 Å². The highest BCUT2D eigenvalue weighted by atomic mass is 127. The Morgan fingerprint density at radius 2 is 2.15 bits per heavy atom. The maximum Gasteiger partial charge on any atom is 0.127 e. The lowest BCUT2D eigenvalue weighted by molar-refractivity contribution is 0.523. The fourth-order valence-electron chi connectivity index (χ4n) is 2.30. The SMILES string of the molecule is CC(Cl)c1nc2cc(I)ccc2n1C(C)CCS(C)=O. The van der Waals surface area contributed by atoms with Crippen LogP contribution < -0.4 is 0 Å². The summed E-state index contributed by atoms with van der Waals surface area (Å²) in [6, 6.07) is 6.47. The van der Waals surface area contributed by atoms with Crippen molar-refractivity contribution >= 4 is 56.0 Å². The smallest absolute Gasteiger partial charge is 0.127 e. The lowest BCUT2D eigenvalue weighted by Crippen LogP contribution is -2.12. The molecule has 1 heterocycles. The van der Waals surface area contributed by atoms with Crippen molar-refractivity contribution in [3.05, 3.63) is 27.6 Å². The second kappa shape index (κ2) is 6.75. The molecule has 0 saturated heterocycles. The maximum atomic E-state index is 11.3. The molecule has 6 heteroatoms. The van der Waals surface area contributed by atoms with Gasteiger partial charge >= 0.3 is 0 Å². The van der Waals surface area contributed by atoms with Gasteiger partial charge in [0.15, 0.2) is 0 Å². The minimum atomic E-state index is -0.770. The lowest BCUT2D eigenvalue weighted by Gasteiger charge is -2.18. The third-order valence-electron chi connectivity index (χ3n) is 3.30. The number of benzene rings is 1. The highest BCUT2D eigenvalue weighted by Gasteiger charge is 2.19. The first-order valence-electron chi connectivity index (χ1n) is 6.51. The van der Waals surface area contributed by atoms with Crippen molar-refractivity contribution in [2.24, 2.45) is 0 Å². The van der Waals surface area contributed by atoms with E-state index in [0.29, 0.717) is 5.75 Å². The van der Waals surface area contributed by atoms with Crippen LogP contribution in [0.3, 0.4) is 0 Å². The molecule has 3 unspecified atom stereocenters. The van der Waals surface area contributed by atoms with Gasteiger partial charge in [-0.05, 0) is 61.1 Å². The molecule has 3 atom stereocenters. The number of nitrogens with zero attached hydrogens (tertiary/aromatic N) is 2. The van der Waals surface area contributed by atoms with E-state index in [1.165, 1.54) is 0 Å². The molecule has 110 valence electrons. The number of aromatic nitrogens is 2. The Bertz CT molecular complexity index is 641. The Labute approximate surface area is 140 Å². The summed E-state index contributed by atoms with van der Waals surface area (Å²) in [7, 11) is -0.770. The van der Waals surface area contributed by atoms with E-state index in [2.05, 4.69) is 57.3 Å². The fourth-order valence-corrected chi connectivity index (χ4v) is 3.60. The number of fused-ring (bicyclic) bond motifs is 1. The summed E-state index contributed by atoms with van der Waals surface area (Å²) in [5, 5.41) is -0.144. The summed E-state index contributed by atoms with van der Waals surface area (Å²) in [5.41, 5.74) is 2.08. The molecule has 0 radical (unpaired) electrons. The number of hydrogen-bond donors (Lipinski definition) is 0. The molecule has 1 aromatic heterocycles. The molecule has 0 aliphatic heterocycles. The van der Waals surface area contributed by atoms with Crippen LogP contribution in [0.2, 0.25) is 0 Å². The van der Waals surface area contributed by atoms with Crippen LogP contribution in [0.5, 0.6) is 0 Å². The van der Waals surface area contributed by atoms with Gasteiger partial charge < -0.3 is 4.57 Å². The van der Waals surface area contributed by atoms with Crippen molar-refractivity contribution in [2.45, 2.75) is 31.7 Å². The summed E-state index contributed by atoms with van der Waals surface area (Å²) >= 11 is 8.57. The summed E-state index contributed by atoms with van der Waals surface area (Å²) in [6.45, 7) is 4.07. The lowest BCUT2D eigenvalue weighted by atomic mass is 10.2. The van der Waals surface area contributed by atoms with E-state index in [1.807, 2.05) is 6.92 Å². The minimum Gasteiger partial charge on any atom is -0.324 e. The molecule has 0 aliphatic carbocycles. The monoisotopic (exact) mass is 424 g/mol. The van der Waals surface area contributed by atoms with E-state index in [0.717, 1.165) is 26.8 Å². The van der Waals surface area contributed by atoms with E-state index in [4.69, 9.17) is 11.6 Å². The van der Waals surface area contributed by atoms with E-state index in [9.17, 15) is 4.21 Å². The van der Waals surface area contributed by atoms with Crippen LogP contribution in [0.4, 0.5) is 0 Å². The molecule has 0 N–H and O–H groups in total. The van der Waals surface area contributed by atoms with E-state index >= 15 is 0 Å². The fraction of sp³-hybridized carbons (Fsp3) is 0.500. The van der Waals surface area contributed by atoms with Crippen molar-refractivity contribution in [3.8, 4) is 0 Å². The van der Waals surface area contributed by atoms with Gasteiger partial charge in [0.2, 0.25) is 0 Å². The first-order valence-corrected chi connectivity index (χ1v) is 9.76. The Morgan fingerprint density at radius 3 is 2.75 bits per heavy atom. The predicted octanol–water partition coefficient (Wildman–Crippen LogP) is 4.27. The number of rotatable bonds is 5. The molecule has 0 spiro atoms. The Kier molecular flexibility index (Phi) is 5.48. The molecule has 0 saturated carbocycles. The van der Waals surface area contributed by atoms with Crippen LogP contribution in [0, 0.1) is 3.57 Å². The number of hydrogen-bond acceptors (Lipinski definition) is 2. The number of imidazole rings is 1. The Morgan fingerprint density at radius 1 is 1.45 bits per heavy atom.